The molecular formula is C28H21ClF3N5OS. The van der Waals surface area contributed by atoms with Crippen LogP contribution in [0.2, 0.25) is 5.02 Å². The number of halogens is 4. The highest BCUT2D eigenvalue weighted by molar-refractivity contribution is 7.80. The van der Waals surface area contributed by atoms with Crippen LogP contribution in [0.1, 0.15) is 11.1 Å². The van der Waals surface area contributed by atoms with Crippen LogP contribution < -0.4 is 25.6 Å². The van der Waals surface area contributed by atoms with Gasteiger partial charge < -0.3 is 25.6 Å². The van der Waals surface area contributed by atoms with E-state index in [0.717, 1.165) is 44.6 Å². The van der Waals surface area contributed by atoms with Crippen molar-refractivity contribution in [3.8, 4) is 5.75 Å². The van der Waals surface area contributed by atoms with Gasteiger partial charge in [-0.15, -0.1) is 13.2 Å². The standard InChI is InChI=1S/C28H21ClF3N5OS/c1-17-12-20(29)4-10-24(17)36-27(39)34-15-33-14-18-2-9-23-19(13-18)3-11-25-26(23)35-16-37(25)21-5-7-22(8-6-21)38-28(30,31)32/h3-8,10-14,35H,15-16H2,1H3,(H2,34,36,39). The third kappa shape index (κ3) is 6.28. The van der Waals surface area contributed by atoms with Gasteiger partial charge in [0.15, 0.2) is 5.11 Å². The van der Waals surface area contributed by atoms with Gasteiger partial charge in [0.25, 0.3) is 0 Å². The molecule has 198 valence electrons. The number of nitrogens with one attached hydrogen (secondary N) is 3. The first-order valence-electron chi connectivity index (χ1n) is 11.7. The second-order valence-electron chi connectivity index (χ2n) is 8.64. The highest BCUT2D eigenvalue weighted by Gasteiger charge is 2.31. The van der Waals surface area contributed by atoms with Gasteiger partial charge in [-0.25, -0.2) is 0 Å². The molecule has 0 saturated carbocycles. The number of benzene rings is 3. The molecule has 39 heavy (non-hydrogen) atoms. The number of thiocarbonyl (C=S) groups is 1. The van der Waals surface area contributed by atoms with Crippen molar-refractivity contribution < 1.29 is 17.9 Å². The Hall–Kier alpha value is -4.20. The number of aryl methyl sites for hydroxylation is 1. The molecule has 0 radical (unpaired) electrons. The van der Waals surface area contributed by atoms with E-state index < -0.39 is 6.36 Å². The van der Waals surface area contributed by atoms with Crippen molar-refractivity contribution in [1.82, 2.24) is 5.32 Å². The lowest BCUT2D eigenvalue weighted by molar-refractivity contribution is -0.274. The fraction of sp³-hybridized carbons (Fsp3) is 0.143. The van der Waals surface area contributed by atoms with E-state index in [4.69, 9.17) is 23.8 Å². The van der Waals surface area contributed by atoms with Gasteiger partial charge >= 0.3 is 6.36 Å². The molecule has 0 saturated heterocycles. The van der Waals surface area contributed by atoms with Gasteiger partial charge in [0, 0.05) is 28.2 Å². The number of ether oxygens (including phenoxy) is 1. The number of aliphatic imine (C=N–C) groups is 1. The van der Waals surface area contributed by atoms with Gasteiger partial charge in [0.2, 0.25) is 0 Å². The van der Waals surface area contributed by atoms with Gasteiger partial charge in [-0.1, -0.05) is 29.8 Å². The van der Waals surface area contributed by atoms with E-state index in [0.29, 0.717) is 16.8 Å². The molecule has 0 atom stereocenters. The van der Waals surface area contributed by atoms with E-state index >= 15 is 0 Å². The molecule has 1 heterocycles. The second-order valence-corrected chi connectivity index (χ2v) is 9.48. The van der Waals surface area contributed by atoms with Crippen LogP contribution in [-0.4, -0.2) is 31.0 Å². The van der Waals surface area contributed by atoms with E-state index in [2.05, 4.69) is 37.8 Å². The number of anilines is 4. The Morgan fingerprint density at radius 1 is 1.15 bits per heavy atom. The number of rotatable bonds is 6. The van der Waals surface area contributed by atoms with Crippen LogP contribution in [0.5, 0.6) is 5.75 Å². The molecule has 0 bridgehead atoms. The predicted octanol–water partition coefficient (Wildman–Crippen LogP) is 7.18. The third-order valence-corrected chi connectivity index (χ3v) is 6.42. The largest absolute Gasteiger partial charge is 0.573 e. The van der Waals surface area contributed by atoms with E-state index in [9.17, 15) is 13.2 Å². The van der Waals surface area contributed by atoms with Crippen LogP contribution >= 0.6 is 23.8 Å². The fourth-order valence-electron chi connectivity index (χ4n) is 4.17. The molecule has 11 heteroatoms. The Kier molecular flexibility index (Phi) is 7.37. The summed E-state index contributed by atoms with van der Waals surface area (Å²) in [5, 5.41) is 12.4. The summed E-state index contributed by atoms with van der Waals surface area (Å²) < 4.78 is 41.3. The highest BCUT2D eigenvalue weighted by atomic mass is 35.5. The fourth-order valence-corrected chi connectivity index (χ4v) is 4.57. The monoisotopic (exact) mass is 567 g/mol. The lowest BCUT2D eigenvalue weighted by atomic mass is 10.1. The molecule has 1 aliphatic rings. The van der Waals surface area contributed by atoms with E-state index in [1.54, 1.807) is 24.4 Å². The van der Waals surface area contributed by atoms with E-state index in [1.807, 2.05) is 42.2 Å². The molecule has 1 aliphatic heterocycles. The molecular weight excluding hydrogens is 547 g/mol. The molecule has 5 rings (SSSR count). The first-order chi connectivity index (χ1) is 18.7. The SMILES string of the molecule is Cc1cc(Cl)ccc1NC(=S)NCN=Cc1c#cc2c3c(ccc2c1)N(c1ccc(OC(F)(F)F)cc1)CN3. The van der Waals surface area contributed by atoms with Crippen LogP contribution in [0, 0.1) is 19.1 Å². The smallest absolute Gasteiger partial charge is 0.406 e. The Morgan fingerprint density at radius 3 is 2.69 bits per heavy atom. The molecule has 0 aromatic heterocycles. The molecule has 6 nitrogen and oxygen atoms in total. The number of fused-ring (bicyclic) bond motifs is 3. The highest BCUT2D eigenvalue weighted by Crippen LogP contribution is 2.41. The summed E-state index contributed by atoms with van der Waals surface area (Å²) >= 11 is 11.3. The topological polar surface area (TPSA) is 60.9 Å². The zero-order chi connectivity index (χ0) is 27.6. The summed E-state index contributed by atoms with van der Waals surface area (Å²) in [5.41, 5.74) is 5.10. The van der Waals surface area contributed by atoms with Crippen LogP contribution in [0.3, 0.4) is 0 Å². The van der Waals surface area contributed by atoms with Crippen LogP contribution in [0.25, 0.3) is 10.8 Å². The van der Waals surface area contributed by atoms with Crippen molar-refractivity contribution in [2.45, 2.75) is 13.3 Å². The molecule has 4 aromatic carbocycles. The Balaban J connectivity index is 1.23. The van der Waals surface area contributed by atoms with Gasteiger partial charge in [-0.3, -0.25) is 4.99 Å². The number of hydrogen-bond acceptors (Lipinski definition) is 5. The molecule has 4 aromatic rings. The minimum absolute atomic E-state index is 0.265. The average Bonchev–Trinajstić information content (AvgIpc) is 3.32. The minimum Gasteiger partial charge on any atom is -0.406 e. The Morgan fingerprint density at radius 2 is 1.95 bits per heavy atom. The van der Waals surface area contributed by atoms with Crippen LogP contribution in [0.15, 0.2) is 65.7 Å². The first kappa shape index (κ1) is 26.4. The van der Waals surface area contributed by atoms with Gasteiger partial charge in [-0.2, -0.15) is 0 Å². The van der Waals surface area contributed by atoms with Crippen molar-refractivity contribution in [1.29, 1.82) is 0 Å². The van der Waals surface area contributed by atoms with Crippen molar-refractivity contribution in [3.05, 3.63) is 88.9 Å². The second kappa shape index (κ2) is 10.9. The summed E-state index contributed by atoms with van der Waals surface area (Å²) in [5.74, 6) is -0.265. The maximum Gasteiger partial charge on any atom is 0.573 e. The molecule has 0 fully saturated rings. The maximum absolute atomic E-state index is 12.5. The van der Waals surface area contributed by atoms with Gasteiger partial charge in [0.05, 0.1) is 23.4 Å². The molecule has 0 unspecified atom stereocenters. The number of nitrogens with zero attached hydrogens (tertiary/aromatic N) is 2. The summed E-state index contributed by atoms with van der Waals surface area (Å²) in [6.07, 6.45) is -3.04. The van der Waals surface area contributed by atoms with Gasteiger partial charge in [-0.05, 0) is 84.7 Å². The van der Waals surface area contributed by atoms with Gasteiger partial charge in [0.1, 0.15) is 12.4 Å². The van der Waals surface area contributed by atoms with Crippen molar-refractivity contribution >= 4 is 68.7 Å². The zero-order valence-electron chi connectivity index (χ0n) is 20.5. The van der Waals surface area contributed by atoms with Crippen LogP contribution in [0.4, 0.5) is 35.9 Å². The van der Waals surface area contributed by atoms with E-state index in [-0.39, 0.29) is 12.4 Å². The summed E-state index contributed by atoms with van der Waals surface area (Å²) in [6.45, 7) is 2.68. The predicted molar refractivity (Wildman–Crippen MR) is 153 cm³/mol. The van der Waals surface area contributed by atoms with Crippen LogP contribution in [-0.2, 0) is 0 Å². The summed E-state index contributed by atoms with van der Waals surface area (Å²) in [4.78, 5) is 6.34. The average molecular weight is 568 g/mol. The quantitative estimate of drug-likeness (QED) is 0.169. The molecule has 0 aliphatic carbocycles. The normalized spacial score (nSPS) is 12.7. The lowest BCUT2D eigenvalue weighted by Crippen LogP contribution is -2.28. The number of hydrogen-bond donors (Lipinski definition) is 3. The lowest BCUT2D eigenvalue weighted by Gasteiger charge is -2.19. The number of alkyl halides is 3. The maximum atomic E-state index is 12.5. The van der Waals surface area contributed by atoms with Crippen molar-refractivity contribution in [3.63, 3.8) is 0 Å². The molecule has 0 amide bonds. The summed E-state index contributed by atoms with van der Waals surface area (Å²) in [6, 6.07) is 23.5. The summed E-state index contributed by atoms with van der Waals surface area (Å²) in [7, 11) is 0. The Bertz CT molecular complexity index is 1560. The third-order valence-electron chi connectivity index (χ3n) is 5.94. The minimum atomic E-state index is -4.73. The van der Waals surface area contributed by atoms with E-state index in [1.165, 1.54) is 12.1 Å². The van der Waals surface area contributed by atoms with Crippen molar-refractivity contribution in [2.75, 3.05) is 28.9 Å². The zero-order valence-corrected chi connectivity index (χ0v) is 22.1. The molecule has 3 N–H and O–H groups in total. The molecule has 0 spiro atoms. The van der Waals surface area contributed by atoms with Crippen molar-refractivity contribution in [2.24, 2.45) is 4.99 Å². The Labute approximate surface area is 233 Å². The first-order valence-corrected chi connectivity index (χ1v) is 12.5.